The Morgan fingerprint density at radius 1 is 1.50 bits per heavy atom. The molecular weight excluding hydrogens is 248 g/mol. The number of nitrogens with two attached hydrogens (primary N) is 1. The van der Waals surface area contributed by atoms with Crippen LogP contribution in [0.15, 0.2) is 18.2 Å². The van der Waals surface area contributed by atoms with Crippen molar-refractivity contribution in [2.24, 2.45) is 0 Å². The molecule has 0 radical (unpaired) electrons. The summed E-state index contributed by atoms with van der Waals surface area (Å²) in [6.45, 7) is 4.28. The van der Waals surface area contributed by atoms with Gasteiger partial charge in [-0.2, -0.15) is 0 Å². The molecule has 1 aromatic rings. The van der Waals surface area contributed by atoms with Crippen LogP contribution in [0.2, 0.25) is 0 Å². The summed E-state index contributed by atoms with van der Waals surface area (Å²) >= 11 is 0. The summed E-state index contributed by atoms with van der Waals surface area (Å²) in [6.07, 6.45) is 2.37. The Balaban J connectivity index is 2.56. The van der Waals surface area contributed by atoms with E-state index in [0.717, 1.165) is 5.56 Å². The highest BCUT2D eigenvalue weighted by molar-refractivity contribution is 7.84. The second-order valence-electron chi connectivity index (χ2n) is 4.39. The number of carbonyl (C=O) groups excluding carboxylic acids is 1. The highest BCUT2D eigenvalue weighted by Gasteiger charge is 2.11. The molecule has 0 heterocycles. The van der Waals surface area contributed by atoms with Crippen LogP contribution in [0.4, 0.5) is 5.69 Å². The maximum atomic E-state index is 11.9. The SMILES string of the molecule is Cc1cccc(C(=O)NCCC(C)S(C)=O)c1N. The molecule has 18 heavy (non-hydrogen) atoms. The molecule has 3 N–H and O–H groups in total. The molecule has 1 rings (SSSR count). The number of hydrogen-bond acceptors (Lipinski definition) is 3. The Morgan fingerprint density at radius 3 is 2.78 bits per heavy atom. The van der Waals surface area contributed by atoms with E-state index in [1.54, 1.807) is 12.3 Å². The predicted octanol–water partition coefficient (Wildman–Crippen LogP) is 1.46. The molecule has 0 fully saturated rings. The highest BCUT2D eigenvalue weighted by Crippen LogP contribution is 2.16. The number of nitrogen functional groups attached to an aromatic ring is 1. The Morgan fingerprint density at radius 2 is 2.17 bits per heavy atom. The number of aryl methyl sites for hydroxylation is 1. The largest absolute Gasteiger partial charge is 0.398 e. The van der Waals surface area contributed by atoms with Gasteiger partial charge in [0.1, 0.15) is 0 Å². The van der Waals surface area contributed by atoms with Gasteiger partial charge >= 0.3 is 0 Å². The summed E-state index contributed by atoms with van der Waals surface area (Å²) in [5.41, 5.74) is 7.76. The molecule has 100 valence electrons. The molecule has 1 aromatic carbocycles. The zero-order valence-corrected chi connectivity index (χ0v) is 11.8. The van der Waals surface area contributed by atoms with Gasteiger partial charge in [0, 0.05) is 34.5 Å². The molecule has 0 aliphatic heterocycles. The summed E-state index contributed by atoms with van der Waals surface area (Å²) < 4.78 is 11.2. The van der Waals surface area contributed by atoms with Crippen molar-refractivity contribution in [3.8, 4) is 0 Å². The van der Waals surface area contributed by atoms with Crippen molar-refractivity contribution in [3.05, 3.63) is 29.3 Å². The lowest BCUT2D eigenvalue weighted by atomic mass is 10.1. The molecule has 4 nitrogen and oxygen atoms in total. The fourth-order valence-corrected chi connectivity index (χ4v) is 1.98. The Kier molecular flexibility index (Phi) is 5.34. The smallest absolute Gasteiger partial charge is 0.253 e. The van der Waals surface area contributed by atoms with Crippen molar-refractivity contribution in [1.29, 1.82) is 0 Å². The molecule has 5 heteroatoms. The Labute approximate surface area is 110 Å². The summed E-state index contributed by atoms with van der Waals surface area (Å²) in [6, 6.07) is 5.39. The fourth-order valence-electron chi connectivity index (χ4n) is 1.53. The summed E-state index contributed by atoms with van der Waals surface area (Å²) in [4.78, 5) is 11.9. The van der Waals surface area contributed by atoms with Gasteiger partial charge in [-0.15, -0.1) is 0 Å². The average Bonchev–Trinajstić information content (AvgIpc) is 2.32. The van der Waals surface area contributed by atoms with Crippen LogP contribution < -0.4 is 11.1 Å². The van der Waals surface area contributed by atoms with Crippen LogP contribution in [0.3, 0.4) is 0 Å². The van der Waals surface area contributed by atoms with Crippen molar-refractivity contribution in [3.63, 3.8) is 0 Å². The molecule has 0 aromatic heterocycles. The molecule has 0 spiro atoms. The summed E-state index contributed by atoms with van der Waals surface area (Å²) in [7, 11) is -0.854. The van der Waals surface area contributed by atoms with Gasteiger partial charge in [0.2, 0.25) is 0 Å². The number of rotatable bonds is 5. The van der Waals surface area contributed by atoms with Crippen LogP contribution in [-0.4, -0.2) is 28.2 Å². The number of nitrogens with one attached hydrogen (secondary N) is 1. The molecule has 2 atom stereocenters. The maximum Gasteiger partial charge on any atom is 0.253 e. The van der Waals surface area contributed by atoms with Crippen molar-refractivity contribution in [2.75, 3.05) is 18.5 Å². The molecule has 0 aliphatic rings. The molecule has 0 aliphatic carbocycles. The van der Waals surface area contributed by atoms with Gasteiger partial charge in [0.05, 0.1) is 5.56 Å². The lowest BCUT2D eigenvalue weighted by Crippen LogP contribution is -2.28. The molecule has 0 saturated heterocycles. The third kappa shape index (κ3) is 3.84. The van der Waals surface area contributed by atoms with E-state index in [9.17, 15) is 9.00 Å². The lowest BCUT2D eigenvalue weighted by molar-refractivity contribution is 0.0954. The normalized spacial score (nSPS) is 13.9. The fraction of sp³-hybridized carbons (Fsp3) is 0.462. The second kappa shape index (κ2) is 6.54. The summed E-state index contributed by atoms with van der Waals surface area (Å²) in [5, 5.41) is 2.88. The molecule has 0 saturated carbocycles. The van der Waals surface area contributed by atoms with E-state index in [1.807, 2.05) is 26.0 Å². The minimum absolute atomic E-state index is 0.0835. The van der Waals surface area contributed by atoms with Crippen molar-refractivity contribution in [2.45, 2.75) is 25.5 Å². The van der Waals surface area contributed by atoms with Gasteiger partial charge < -0.3 is 11.1 Å². The van der Waals surface area contributed by atoms with Gasteiger partial charge in [-0.05, 0) is 25.0 Å². The minimum Gasteiger partial charge on any atom is -0.398 e. The highest BCUT2D eigenvalue weighted by atomic mass is 32.2. The number of anilines is 1. The Hall–Kier alpha value is -1.36. The molecular formula is C13H20N2O2S. The van der Waals surface area contributed by atoms with E-state index in [0.29, 0.717) is 24.2 Å². The number of hydrogen-bond donors (Lipinski definition) is 2. The van der Waals surface area contributed by atoms with E-state index in [1.165, 1.54) is 0 Å². The monoisotopic (exact) mass is 268 g/mol. The first-order chi connectivity index (χ1) is 8.43. The zero-order chi connectivity index (χ0) is 13.7. The van der Waals surface area contributed by atoms with E-state index in [-0.39, 0.29) is 11.2 Å². The van der Waals surface area contributed by atoms with Gasteiger partial charge in [0.25, 0.3) is 5.91 Å². The van der Waals surface area contributed by atoms with Crippen molar-refractivity contribution < 1.29 is 9.00 Å². The first-order valence-corrected chi connectivity index (χ1v) is 7.51. The van der Waals surface area contributed by atoms with Crippen LogP contribution in [-0.2, 0) is 10.8 Å². The van der Waals surface area contributed by atoms with E-state index < -0.39 is 10.8 Å². The van der Waals surface area contributed by atoms with Crippen molar-refractivity contribution in [1.82, 2.24) is 5.32 Å². The number of amides is 1. The first-order valence-electron chi connectivity index (χ1n) is 5.89. The van der Waals surface area contributed by atoms with Crippen LogP contribution >= 0.6 is 0 Å². The predicted molar refractivity (Wildman–Crippen MR) is 76.1 cm³/mol. The second-order valence-corrected chi connectivity index (χ2v) is 6.19. The summed E-state index contributed by atoms with van der Waals surface area (Å²) in [5.74, 6) is -0.176. The Bertz CT molecular complexity index is 460. The quantitative estimate of drug-likeness (QED) is 0.794. The minimum atomic E-state index is -0.854. The topological polar surface area (TPSA) is 72.2 Å². The van der Waals surface area contributed by atoms with Crippen LogP contribution in [0, 0.1) is 6.92 Å². The van der Waals surface area contributed by atoms with Gasteiger partial charge in [0.15, 0.2) is 0 Å². The lowest BCUT2D eigenvalue weighted by Gasteiger charge is -2.11. The number of carbonyl (C=O) groups is 1. The van der Waals surface area contributed by atoms with Crippen LogP contribution in [0.5, 0.6) is 0 Å². The van der Waals surface area contributed by atoms with Crippen LogP contribution in [0.25, 0.3) is 0 Å². The first kappa shape index (κ1) is 14.7. The third-order valence-electron chi connectivity index (χ3n) is 2.97. The molecule has 1 amide bonds. The van der Waals surface area contributed by atoms with Crippen LogP contribution in [0.1, 0.15) is 29.3 Å². The zero-order valence-electron chi connectivity index (χ0n) is 11.0. The molecule has 2 unspecified atom stereocenters. The van der Waals surface area contributed by atoms with Gasteiger partial charge in [-0.25, -0.2) is 0 Å². The number of para-hydroxylation sites is 1. The van der Waals surface area contributed by atoms with E-state index in [2.05, 4.69) is 5.32 Å². The van der Waals surface area contributed by atoms with E-state index >= 15 is 0 Å². The molecule has 0 bridgehead atoms. The average molecular weight is 268 g/mol. The number of benzene rings is 1. The van der Waals surface area contributed by atoms with Gasteiger partial charge in [-0.3, -0.25) is 9.00 Å². The maximum absolute atomic E-state index is 11.9. The third-order valence-corrected chi connectivity index (χ3v) is 4.34. The van der Waals surface area contributed by atoms with Crippen molar-refractivity contribution >= 4 is 22.4 Å². The standard InChI is InChI=1S/C13H20N2O2S/c1-9-5-4-6-11(12(9)14)13(16)15-8-7-10(2)18(3)17/h4-6,10H,7-8,14H2,1-3H3,(H,15,16). The van der Waals surface area contributed by atoms with Gasteiger partial charge in [-0.1, -0.05) is 19.1 Å². The van der Waals surface area contributed by atoms with E-state index in [4.69, 9.17) is 5.73 Å².